The van der Waals surface area contributed by atoms with E-state index in [2.05, 4.69) is 21.7 Å². The standard InChI is InChI=1S/C14H23N3O/c1-4-16-7-9-17(10-8-16)14-6-5-13(12(3)18)11(2)15-14/h5-6,12,18H,4,7-10H2,1-3H3/t12-/m0/s1. The molecule has 1 aromatic heterocycles. The Hall–Kier alpha value is -1.13. The molecule has 0 bridgehead atoms. The van der Waals surface area contributed by atoms with Crippen LogP contribution in [0.5, 0.6) is 0 Å². The summed E-state index contributed by atoms with van der Waals surface area (Å²) in [6.07, 6.45) is -0.441. The van der Waals surface area contributed by atoms with Gasteiger partial charge in [0.05, 0.1) is 6.10 Å². The number of pyridine rings is 1. The summed E-state index contributed by atoms with van der Waals surface area (Å²) in [5.74, 6) is 1.03. The molecular weight excluding hydrogens is 226 g/mol. The van der Waals surface area contributed by atoms with E-state index in [1.807, 2.05) is 19.1 Å². The van der Waals surface area contributed by atoms with Gasteiger partial charge in [0.2, 0.25) is 0 Å². The van der Waals surface area contributed by atoms with Crippen molar-refractivity contribution < 1.29 is 5.11 Å². The fourth-order valence-corrected chi connectivity index (χ4v) is 2.47. The molecule has 1 aromatic rings. The first-order valence-electron chi connectivity index (χ1n) is 6.74. The molecule has 1 fully saturated rings. The lowest BCUT2D eigenvalue weighted by Crippen LogP contribution is -2.46. The lowest BCUT2D eigenvalue weighted by molar-refractivity contribution is 0.198. The van der Waals surface area contributed by atoms with Gasteiger partial charge in [-0.3, -0.25) is 0 Å². The third kappa shape index (κ3) is 2.82. The van der Waals surface area contributed by atoms with Crippen molar-refractivity contribution in [3.8, 4) is 0 Å². The molecule has 1 aliphatic rings. The molecule has 0 unspecified atom stereocenters. The molecule has 0 aromatic carbocycles. The second-order valence-electron chi connectivity index (χ2n) is 4.94. The van der Waals surface area contributed by atoms with Crippen molar-refractivity contribution in [3.63, 3.8) is 0 Å². The lowest BCUT2D eigenvalue weighted by atomic mass is 10.1. The Morgan fingerprint density at radius 2 is 1.94 bits per heavy atom. The van der Waals surface area contributed by atoms with Crippen molar-refractivity contribution in [1.29, 1.82) is 0 Å². The van der Waals surface area contributed by atoms with Crippen LogP contribution in [-0.4, -0.2) is 47.7 Å². The molecule has 0 aliphatic carbocycles. The third-order valence-corrected chi connectivity index (χ3v) is 3.71. The predicted octanol–water partition coefficient (Wildman–Crippen LogP) is 1.59. The molecule has 2 rings (SSSR count). The van der Waals surface area contributed by atoms with Crippen molar-refractivity contribution in [2.24, 2.45) is 0 Å². The summed E-state index contributed by atoms with van der Waals surface area (Å²) in [5.41, 5.74) is 1.85. The maximum atomic E-state index is 9.61. The number of aryl methyl sites for hydroxylation is 1. The van der Waals surface area contributed by atoms with E-state index < -0.39 is 6.10 Å². The third-order valence-electron chi connectivity index (χ3n) is 3.71. The van der Waals surface area contributed by atoms with E-state index in [9.17, 15) is 5.11 Å². The highest BCUT2D eigenvalue weighted by atomic mass is 16.3. The molecule has 1 saturated heterocycles. The van der Waals surface area contributed by atoms with Crippen molar-refractivity contribution in [2.75, 3.05) is 37.6 Å². The Morgan fingerprint density at radius 1 is 1.28 bits per heavy atom. The molecule has 1 aliphatic heterocycles. The number of aliphatic hydroxyl groups is 1. The van der Waals surface area contributed by atoms with Gasteiger partial charge in [0.15, 0.2) is 0 Å². The summed E-state index contributed by atoms with van der Waals surface area (Å²) in [7, 11) is 0. The topological polar surface area (TPSA) is 39.6 Å². The molecule has 18 heavy (non-hydrogen) atoms. The number of aromatic nitrogens is 1. The zero-order valence-electron chi connectivity index (χ0n) is 11.6. The lowest BCUT2D eigenvalue weighted by Gasteiger charge is -2.35. The second-order valence-corrected chi connectivity index (χ2v) is 4.94. The van der Waals surface area contributed by atoms with Crippen LogP contribution in [0.4, 0.5) is 5.82 Å². The molecule has 0 saturated carbocycles. The summed E-state index contributed by atoms with van der Waals surface area (Å²) in [5, 5.41) is 9.61. The molecule has 4 nitrogen and oxygen atoms in total. The number of nitrogens with zero attached hydrogens (tertiary/aromatic N) is 3. The Morgan fingerprint density at radius 3 is 2.44 bits per heavy atom. The van der Waals surface area contributed by atoms with Crippen molar-refractivity contribution in [1.82, 2.24) is 9.88 Å². The smallest absolute Gasteiger partial charge is 0.128 e. The van der Waals surface area contributed by atoms with Crippen LogP contribution in [0.3, 0.4) is 0 Å². The summed E-state index contributed by atoms with van der Waals surface area (Å²) < 4.78 is 0. The van der Waals surface area contributed by atoms with Gasteiger partial charge in [0.25, 0.3) is 0 Å². The van der Waals surface area contributed by atoms with Gasteiger partial charge in [0.1, 0.15) is 5.82 Å². The fourth-order valence-electron chi connectivity index (χ4n) is 2.47. The monoisotopic (exact) mass is 249 g/mol. The second kappa shape index (κ2) is 5.67. The van der Waals surface area contributed by atoms with Crippen LogP contribution >= 0.6 is 0 Å². The summed E-state index contributed by atoms with van der Waals surface area (Å²) in [4.78, 5) is 9.39. The zero-order chi connectivity index (χ0) is 13.1. The molecular formula is C14H23N3O. The first-order valence-corrected chi connectivity index (χ1v) is 6.74. The first kappa shape index (κ1) is 13.3. The quantitative estimate of drug-likeness (QED) is 0.883. The zero-order valence-corrected chi connectivity index (χ0v) is 11.6. The highest BCUT2D eigenvalue weighted by molar-refractivity contribution is 5.42. The number of anilines is 1. The van der Waals surface area contributed by atoms with Crippen LogP contribution in [0.1, 0.15) is 31.2 Å². The van der Waals surface area contributed by atoms with Gasteiger partial charge in [-0.25, -0.2) is 4.98 Å². The average molecular weight is 249 g/mol. The molecule has 4 heteroatoms. The molecule has 100 valence electrons. The minimum absolute atomic E-state index is 0.441. The predicted molar refractivity (Wildman–Crippen MR) is 73.9 cm³/mol. The maximum Gasteiger partial charge on any atom is 0.128 e. The van der Waals surface area contributed by atoms with Crippen molar-refractivity contribution in [3.05, 3.63) is 23.4 Å². The number of rotatable bonds is 3. The van der Waals surface area contributed by atoms with Crippen molar-refractivity contribution >= 4 is 5.82 Å². The largest absolute Gasteiger partial charge is 0.389 e. The number of hydrogen-bond donors (Lipinski definition) is 1. The van der Waals surface area contributed by atoms with Gasteiger partial charge in [-0.15, -0.1) is 0 Å². The Labute approximate surface area is 109 Å². The Kier molecular flexibility index (Phi) is 4.19. The van der Waals surface area contributed by atoms with Gasteiger partial charge in [-0.1, -0.05) is 13.0 Å². The van der Waals surface area contributed by atoms with E-state index >= 15 is 0 Å². The van der Waals surface area contributed by atoms with Crippen LogP contribution in [0.2, 0.25) is 0 Å². The SMILES string of the molecule is CCN1CCN(c2ccc([C@H](C)O)c(C)n2)CC1. The maximum absolute atomic E-state index is 9.61. The highest BCUT2D eigenvalue weighted by Crippen LogP contribution is 2.20. The van der Waals surface area contributed by atoms with Crippen molar-refractivity contribution in [2.45, 2.75) is 26.9 Å². The number of piperazine rings is 1. The average Bonchev–Trinajstić information content (AvgIpc) is 2.38. The fraction of sp³-hybridized carbons (Fsp3) is 0.643. The van der Waals surface area contributed by atoms with Crippen LogP contribution in [0.15, 0.2) is 12.1 Å². The van der Waals surface area contributed by atoms with E-state index in [1.54, 1.807) is 6.92 Å². The van der Waals surface area contributed by atoms with E-state index in [-0.39, 0.29) is 0 Å². The van der Waals surface area contributed by atoms with Crippen LogP contribution in [-0.2, 0) is 0 Å². The molecule has 0 radical (unpaired) electrons. The van der Waals surface area contributed by atoms with Crippen LogP contribution < -0.4 is 4.90 Å². The van der Waals surface area contributed by atoms with Gasteiger partial charge in [-0.2, -0.15) is 0 Å². The molecule has 2 heterocycles. The highest BCUT2D eigenvalue weighted by Gasteiger charge is 2.17. The normalized spacial score (nSPS) is 19.0. The van der Waals surface area contributed by atoms with Gasteiger partial charge >= 0.3 is 0 Å². The Balaban J connectivity index is 2.08. The van der Waals surface area contributed by atoms with Gasteiger partial charge in [0, 0.05) is 37.4 Å². The summed E-state index contributed by atoms with van der Waals surface area (Å²) >= 11 is 0. The molecule has 1 atom stereocenters. The van der Waals surface area contributed by atoms with Gasteiger partial charge < -0.3 is 14.9 Å². The van der Waals surface area contributed by atoms with Crippen LogP contribution in [0.25, 0.3) is 0 Å². The van der Waals surface area contributed by atoms with E-state index in [0.29, 0.717) is 0 Å². The molecule has 0 spiro atoms. The van der Waals surface area contributed by atoms with E-state index in [0.717, 1.165) is 49.8 Å². The summed E-state index contributed by atoms with van der Waals surface area (Å²) in [6.45, 7) is 11.4. The van der Waals surface area contributed by atoms with E-state index in [1.165, 1.54) is 0 Å². The number of likely N-dealkylation sites (N-methyl/N-ethyl adjacent to an activating group) is 1. The van der Waals surface area contributed by atoms with Gasteiger partial charge in [-0.05, 0) is 26.5 Å². The van der Waals surface area contributed by atoms with E-state index in [4.69, 9.17) is 0 Å². The molecule has 0 amide bonds. The minimum Gasteiger partial charge on any atom is -0.389 e. The molecule has 1 N–H and O–H groups in total. The number of hydrogen-bond acceptors (Lipinski definition) is 4. The number of aliphatic hydroxyl groups excluding tert-OH is 1. The van der Waals surface area contributed by atoms with Crippen LogP contribution in [0, 0.1) is 6.92 Å². The first-order chi connectivity index (χ1) is 8.61. The minimum atomic E-state index is -0.441. The summed E-state index contributed by atoms with van der Waals surface area (Å²) in [6, 6.07) is 4.02. The Bertz CT molecular complexity index is 398.